The minimum Gasteiger partial charge on any atom is -0.389 e. The number of methoxy groups -OCH3 is 2. The summed E-state index contributed by atoms with van der Waals surface area (Å²) < 4.78 is 9.69. The number of amides is 1. The SMILES string of the molecule is COCCN/C=C/CCC(=O)NCCOC. The number of hydrogen-bond donors (Lipinski definition) is 2. The highest BCUT2D eigenvalue weighted by Gasteiger charge is 1.97. The maximum atomic E-state index is 11.2. The molecule has 0 spiro atoms. The van der Waals surface area contributed by atoms with Crippen LogP contribution in [-0.2, 0) is 14.3 Å². The van der Waals surface area contributed by atoms with Crippen LogP contribution in [0, 0.1) is 0 Å². The molecule has 2 N–H and O–H groups in total. The summed E-state index contributed by atoms with van der Waals surface area (Å²) in [6.45, 7) is 2.60. The van der Waals surface area contributed by atoms with Gasteiger partial charge in [0.2, 0.25) is 5.91 Å². The first-order chi connectivity index (χ1) is 7.81. The summed E-state index contributed by atoms with van der Waals surface area (Å²) in [6.07, 6.45) is 5.03. The van der Waals surface area contributed by atoms with Crippen LogP contribution >= 0.6 is 0 Å². The number of allylic oxidation sites excluding steroid dienone is 1. The first kappa shape index (κ1) is 14.9. The van der Waals surface area contributed by atoms with Gasteiger partial charge in [-0.2, -0.15) is 0 Å². The van der Waals surface area contributed by atoms with Crippen LogP contribution < -0.4 is 10.6 Å². The molecule has 0 saturated carbocycles. The molecule has 0 unspecified atom stereocenters. The Morgan fingerprint density at radius 2 is 1.88 bits per heavy atom. The lowest BCUT2D eigenvalue weighted by Crippen LogP contribution is -2.26. The van der Waals surface area contributed by atoms with Crippen LogP contribution in [0.4, 0.5) is 0 Å². The summed E-state index contributed by atoms with van der Waals surface area (Å²) in [4.78, 5) is 11.2. The molecule has 1 amide bonds. The molecule has 16 heavy (non-hydrogen) atoms. The normalized spacial score (nSPS) is 10.6. The first-order valence-electron chi connectivity index (χ1n) is 5.44. The molecule has 0 aromatic heterocycles. The molecule has 0 heterocycles. The summed E-state index contributed by atoms with van der Waals surface area (Å²) in [5.41, 5.74) is 0. The van der Waals surface area contributed by atoms with E-state index in [2.05, 4.69) is 10.6 Å². The molecule has 5 heteroatoms. The molecule has 94 valence electrons. The third-order valence-electron chi connectivity index (χ3n) is 1.85. The number of nitrogens with one attached hydrogen (secondary N) is 2. The van der Waals surface area contributed by atoms with Gasteiger partial charge in [-0.3, -0.25) is 4.79 Å². The molecule has 0 aromatic carbocycles. The van der Waals surface area contributed by atoms with Crippen molar-refractivity contribution < 1.29 is 14.3 Å². The van der Waals surface area contributed by atoms with Gasteiger partial charge in [-0.1, -0.05) is 6.08 Å². The zero-order valence-electron chi connectivity index (χ0n) is 10.1. The molecule has 0 aliphatic carbocycles. The summed E-state index contributed by atoms with van der Waals surface area (Å²) in [7, 11) is 3.27. The highest BCUT2D eigenvalue weighted by Crippen LogP contribution is 1.89. The maximum absolute atomic E-state index is 11.2. The molecule has 0 rings (SSSR count). The summed E-state index contributed by atoms with van der Waals surface area (Å²) >= 11 is 0. The summed E-state index contributed by atoms with van der Waals surface area (Å²) in [6, 6.07) is 0. The van der Waals surface area contributed by atoms with Gasteiger partial charge < -0.3 is 20.1 Å². The zero-order valence-corrected chi connectivity index (χ0v) is 10.1. The Hall–Kier alpha value is -1.07. The van der Waals surface area contributed by atoms with E-state index in [0.717, 1.165) is 13.0 Å². The monoisotopic (exact) mass is 230 g/mol. The average molecular weight is 230 g/mol. The molecule has 0 aliphatic heterocycles. The third-order valence-corrected chi connectivity index (χ3v) is 1.85. The van der Waals surface area contributed by atoms with Gasteiger partial charge in [0.05, 0.1) is 13.2 Å². The van der Waals surface area contributed by atoms with E-state index in [1.165, 1.54) is 0 Å². The molecular weight excluding hydrogens is 208 g/mol. The Kier molecular flexibility index (Phi) is 11.2. The van der Waals surface area contributed by atoms with Gasteiger partial charge in [-0.15, -0.1) is 0 Å². The van der Waals surface area contributed by atoms with Crippen LogP contribution in [0.5, 0.6) is 0 Å². The number of hydrogen-bond acceptors (Lipinski definition) is 4. The molecule has 0 aromatic rings. The minimum atomic E-state index is 0.0543. The van der Waals surface area contributed by atoms with Gasteiger partial charge in [-0.05, 0) is 12.6 Å². The predicted molar refractivity (Wildman–Crippen MR) is 63.1 cm³/mol. The fourth-order valence-corrected chi connectivity index (χ4v) is 1.01. The van der Waals surface area contributed by atoms with Crippen molar-refractivity contribution >= 4 is 5.91 Å². The zero-order chi connectivity index (χ0) is 12.1. The van der Waals surface area contributed by atoms with Crippen molar-refractivity contribution in [2.24, 2.45) is 0 Å². The minimum absolute atomic E-state index is 0.0543. The Bertz CT molecular complexity index is 196. The van der Waals surface area contributed by atoms with Gasteiger partial charge >= 0.3 is 0 Å². The lowest BCUT2D eigenvalue weighted by molar-refractivity contribution is -0.121. The fraction of sp³-hybridized carbons (Fsp3) is 0.727. The molecule has 0 atom stereocenters. The van der Waals surface area contributed by atoms with Gasteiger partial charge in [-0.25, -0.2) is 0 Å². The Morgan fingerprint density at radius 1 is 1.19 bits per heavy atom. The van der Waals surface area contributed by atoms with Crippen LogP contribution in [-0.4, -0.2) is 46.4 Å². The Labute approximate surface area is 97.2 Å². The molecule has 0 radical (unpaired) electrons. The van der Waals surface area contributed by atoms with E-state index in [1.807, 2.05) is 12.3 Å². The van der Waals surface area contributed by atoms with E-state index < -0.39 is 0 Å². The lowest BCUT2D eigenvalue weighted by Gasteiger charge is -2.02. The van der Waals surface area contributed by atoms with E-state index in [-0.39, 0.29) is 5.91 Å². The van der Waals surface area contributed by atoms with Gasteiger partial charge in [0.15, 0.2) is 0 Å². The topological polar surface area (TPSA) is 59.6 Å². The number of rotatable bonds is 10. The fourth-order valence-electron chi connectivity index (χ4n) is 1.01. The van der Waals surface area contributed by atoms with E-state index >= 15 is 0 Å². The molecule has 0 aliphatic rings. The molecule has 0 fully saturated rings. The second kappa shape index (κ2) is 12.0. The Balaban J connectivity index is 3.26. The van der Waals surface area contributed by atoms with Crippen molar-refractivity contribution in [1.29, 1.82) is 0 Å². The predicted octanol–water partition coefficient (Wildman–Crippen LogP) is 0.279. The molecular formula is C11H22N2O3. The van der Waals surface area contributed by atoms with Crippen molar-refractivity contribution in [2.75, 3.05) is 40.5 Å². The van der Waals surface area contributed by atoms with Crippen LogP contribution in [0.15, 0.2) is 12.3 Å². The maximum Gasteiger partial charge on any atom is 0.220 e. The Morgan fingerprint density at radius 3 is 2.56 bits per heavy atom. The molecule has 0 bridgehead atoms. The van der Waals surface area contributed by atoms with Crippen molar-refractivity contribution in [3.05, 3.63) is 12.3 Å². The highest BCUT2D eigenvalue weighted by atomic mass is 16.5. The van der Waals surface area contributed by atoms with Crippen molar-refractivity contribution in [1.82, 2.24) is 10.6 Å². The van der Waals surface area contributed by atoms with E-state index in [9.17, 15) is 4.79 Å². The largest absolute Gasteiger partial charge is 0.389 e. The van der Waals surface area contributed by atoms with E-state index in [0.29, 0.717) is 26.2 Å². The standard InChI is InChI=1S/C11H22N2O3/c1-15-9-7-12-6-4-3-5-11(14)13-8-10-16-2/h4,6,12H,3,5,7-10H2,1-2H3,(H,13,14)/b6-4+. The second-order valence-corrected chi connectivity index (χ2v) is 3.23. The highest BCUT2D eigenvalue weighted by molar-refractivity contribution is 5.75. The smallest absolute Gasteiger partial charge is 0.220 e. The van der Waals surface area contributed by atoms with E-state index in [1.54, 1.807) is 14.2 Å². The van der Waals surface area contributed by atoms with Crippen LogP contribution in [0.3, 0.4) is 0 Å². The number of carbonyl (C=O) groups excluding carboxylic acids is 1. The van der Waals surface area contributed by atoms with Crippen LogP contribution in [0.2, 0.25) is 0 Å². The van der Waals surface area contributed by atoms with E-state index in [4.69, 9.17) is 9.47 Å². The third kappa shape index (κ3) is 11.0. The van der Waals surface area contributed by atoms with Crippen molar-refractivity contribution in [3.8, 4) is 0 Å². The first-order valence-corrected chi connectivity index (χ1v) is 5.44. The molecule has 0 saturated heterocycles. The number of ether oxygens (including phenoxy) is 2. The van der Waals surface area contributed by atoms with Crippen LogP contribution in [0.1, 0.15) is 12.8 Å². The summed E-state index contributed by atoms with van der Waals surface area (Å²) in [5.74, 6) is 0.0543. The lowest BCUT2D eigenvalue weighted by atomic mass is 10.3. The van der Waals surface area contributed by atoms with Gasteiger partial charge in [0.25, 0.3) is 0 Å². The van der Waals surface area contributed by atoms with Crippen LogP contribution in [0.25, 0.3) is 0 Å². The summed E-state index contributed by atoms with van der Waals surface area (Å²) in [5, 5.41) is 5.81. The quantitative estimate of drug-likeness (QED) is 0.529. The van der Waals surface area contributed by atoms with Crippen molar-refractivity contribution in [2.45, 2.75) is 12.8 Å². The average Bonchev–Trinajstić information content (AvgIpc) is 2.28. The second-order valence-electron chi connectivity index (χ2n) is 3.23. The van der Waals surface area contributed by atoms with Gasteiger partial charge in [0.1, 0.15) is 0 Å². The van der Waals surface area contributed by atoms with Gasteiger partial charge in [0, 0.05) is 33.7 Å². The van der Waals surface area contributed by atoms with Crippen molar-refractivity contribution in [3.63, 3.8) is 0 Å². The number of carbonyl (C=O) groups is 1. The molecule has 5 nitrogen and oxygen atoms in total.